The summed E-state index contributed by atoms with van der Waals surface area (Å²) in [5.41, 5.74) is 1.08. The third-order valence-corrected chi connectivity index (χ3v) is 8.03. The van der Waals surface area contributed by atoms with E-state index < -0.39 is 15.9 Å². The summed E-state index contributed by atoms with van der Waals surface area (Å²) in [5.74, 6) is 0.183. The summed E-state index contributed by atoms with van der Waals surface area (Å²) in [7, 11) is -3.57. The Morgan fingerprint density at radius 3 is 2.62 bits per heavy atom. The van der Waals surface area contributed by atoms with Gasteiger partial charge in [-0.2, -0.15) is 4.31 Å². The molecule has 0 bridgehead atoms. The number of hydrogen-bond acceptors (Lipinski definition) is 7. The summed E-state index contributed by atoms with van der Waals surface area (Å²) < 4.78 is 32.9. The minimum absolute atomic E-state index is 0.0279. The van der Waals surface area contributed by atoms with Crippen molar-refractivity contribution in [2.24, 2.45) is 5.92 Å². The first-order chi connectivity index (χ1) is 15.4. The van der Waals surface area contributed by atoms with Gasteiger partial charge in [0.15, 0.2) is 0 Å². The molecule has 0 radical (unpaired) electrons. The standard InChI is InChI=1S/C22H24N4O4S2/c1-15-6-5-13-26(14-15)32(28,29)17-11-9-16(10-12-17)20(27)23-22-25-24-21(30-22)18-7-3-4-8-19(18)31-2/h3-4,7-12,15H,5-6,13-14H2,1-2H3,(H,23,25,27). The molecule has 1 saturated heterocycles. The first-order valence-electron chi connectivity index (χ1n) is 10.3. The van der Waals surface area contributed by atoms with Gasteiger partial charge < -0.3 is 4.42 Å². The lowest BCUT2D eigenvalue weighted by Crippen LogP contribution is -2.39. The molecule has 10 heteroatoms. The van der Waals surface area contributed by atoms with Crippen LogP contribution in [0.4, 0.5) is 6.01 Å². The molecule has 0 saturated carbocycles. The minimum atomic E-state index is -3.57. The molecule has 2 heterocycles. The van der Waals surface area contributed by atoms with E-state index in [4.69, 9.17) is 4.42 Å². The first-order valence-corrected chi connectivity index (χ1v) is 12.9. The lowest BCUT2D eigenvalue weighted by Gasteiger charge is -2.30. The zero-order chi connectivity index (χ0) is 22.7. The highest BCUT2D eigenvalue weighted by Crippen LogP contribution is 2.30. The van der Waals surface area contributed by atoms with Crippen molar-refractivity contribution in [3.05, 3.63) is 54.1 Å². The third-order valence-electron chi connectivity index (χ3n) is 5.36. The molecule has 0 aliphatic carbocycles. The maximum atomic E-state index is 12.9. The Morgan fingerprint density at radius 2 is 1.91 bits per heavy atom. The average molecular weight is 473 g/mol. The van der Waals surface area contributed by atoms with Crippen LogP contribution in [-0.2, 0) is 10.0 Å². The SMILES string of the molecule is CSc1ccccc1-c1nnc(NC(=O)c2ccc(S(=O)(=O)N3CCCC(C)C3)cc2)o1. The monoisotopic (exact) mass is 472 g/mol. The summed E-state index contributed by atoms with van der Waals surface area (Å²) in [4.78, 5) is 13.7. The Kier molecular flexibility index (Phi) is 6.63. The third kappa shape index (κ3) is 4.72. The highest BCUT2D eigenvalue weighted by Gasteiger charge is 2.28. The number of anilines is 1. The Morgan fingerprint density at radius 1 is 1.16 bits per heavy atom. The predicted molar refractivity (Wildman–Crippen MR) is 123 cm³/mol. The smallest absolute Gasteiger partial charge is 0.322 e. The largest absolute Gasteiger partial charge is 0.403 e. The Hall–Kier alpha value is -2.69. The molecule has 3 aromatic rings. The summed E-state index contributed by atoms with van der Waals surface area (Å²) in [6.45, 7) is 3.09. The fraction of sp³-hybridized carbons (Fsp3) is 0.318. The first kappa shape index (κ1) is 22.5. The molecule has 2 aromatic carbocycles. The maximum Gasteiger partial charge on any atom is 0.322 e. The lowest BCUT2D eigenvalue weighted by molar-refractivity contribution is 0.102. The Bertz CT molecular complexity index is 1210. The van der Waals surface area contributed by atoms with E-state index in [2.05, 4.69) is 22.4 Å². The molecule has 1 aromatic heterocycles. The number of sulfonamides is 1. The van der Waals surface area contributed by atoms with Gasteiger partial charge in [0.05, 0.1) is 10.5 Å². The van der Waals surface area contributed by atoms with Gasteiger partial charge in [-0.15, -0.1) is 16.9 Å². The van der Waals surface area contributed by atoms with E-state index in [9.17, 15) is 13.2 Å². The fourth-order valence-corrected chi connectivity index (χ4v) is 5.85. The Balaban J connectivity index is 1.46. The van der Waals surface area contributed by atoms with E-state index in [1.807, 2.05) is 30.5 Å². The predicted octanol–water partition coefficient (Wildman–Crippen LogP) is 4.13. The van der Waals surface area contributed by atoms with Gasteiger partial charge in [-0.05, 0) is 61.4 Å². The van der Waals surface area contributed by atoms with Crippen LogP contribution in [0.1, 0.15) is 30.1 Å². The molecule has 168 valence electrons. The number of rotatable bonds is 6. The molecular weight excluding hydrogens is 448 g/mol. The average Bonchev–Trinajstić information content (AvgIpc) is 3.27. The molecule has 32 heavy (non-hydrogen) atoms. The highest BCUT2D eigenvalue weighted by molar-refractivity contribution is 7.98. The van der Waals surface area contributed by atoms with Gasteiger partial charge in [-0.3, -0.25) is 10.1 Å². The van der Waals surface area contributed by atoms with Crippen molar-refractivity contribution in [1.29, 1.82) is 0 Å². The van der Waals surface area contributed by atoms with Crippen molar-refractivity contribution in [2.75, 3.05) is 24.7 Å². The molecule has 1 N–H and O–H groups in total. The van der Waals surface area contributed by atoms with Gasteiger partial charge >= 0.3 is 6.01 Å². The van der Waals surface area contributed by atoms with Crippen molar-refractivity contribution in [2.45, 2.75) is 29.6 Å². The van der Waals surface area contributed by atoms with E-state index in [-0.39, 0.29) is 10.9 Å². The van der Waals surface area contributed by atoms with Crippen molar-refractivity contribution in [3.8, 4) is 11.5 Å². The van der Waals surface area contributed by atoms with Crippen LogP contribution < -0.4 is 5.32 Å². The Labute approximate surface area is 191 Å². The number of nitrogens with zero attached hydrogens (tertiary/aromatic N) is 3. The second-order valence-electron chi connectivity index (χ2n) is 7.70. The summed E-state index contributed by atoms with van der Waals surface area (Å²) in [6.07, 6.45) is 3.84. The zero-order valence-corrected chi connectivity index (χ0v) is 19.4. The maximum absolute atomic E-state index is 12.9. The normalized spacial score (nSPS) is 17.2. The number of benzene rings is 2. The second kappa shape index (κ2) is 9.43. The summed E-state index contributed by atoms with van der Waals surface area (Å²) in [6, 6.07) is 13.5. The molecule has 0 spiro atoms. The van der Waals surface area contributed by atoms with Crippen molar-refractivity contribution in [1.82, 2.24) is 14.5 Å². The number of amides is 1. The number of aromatic nitrogens is 2. The van der Waals surface area contributed by atoms with E-state index in [1.165, 1.54) is 28.6 Å². The molecule has 1 aliphatic heterocycles. The van der Waals surface area contributed by atoms with Crippen LogP contribution in [0, 0.1) is 5.92 Å². The fourth-order valence-electron chi connectivity index (χ4n) is 3.67. The number of nitrogens with one attached hydrogen (secondary N) is 1. The number of hydrogen-bond donors (Lipinski definition) is 1. The zero-order valence-electron chi connectivity index (χ0n) is 17.8. The van der Waals surface area contributed by atoms with E-state index in [1.54, 1.807) is 11.8 Å². The van der Waals surface area contributed by atoms with Crippen molar-refractivity contribution in [3.63, 3.8) is 0 Å². The van der Waals surface area contributed by atoms with Gasteiger partial charge in [-0.25, -0.2) is 8.42 Å². The second-order valence-corrected chi connectivity index (χ2v) is 10.5. The van der Waals surface area contributed by atoms with Gasteiger partial charge in [0.25, 0.3) is 11.8 Å². The summed E-state index contributed by atoms with van der Waals surface area (Å²) >= 11 is 1.56. The van der Waals surface area contributed by atoms with E-state index in [0.29, 0.717) is 30.5 Å². The van der Waals surface area contributed by atoms with E-state index in [0.717, 1.165) is 23.3 Å². The number of thioether (sulfide) groups is 1. The van der Waals surface area contributed by atoms with Crippen molar-refractivity contribution < 1.29 is 17.6 Å². The van der Waals surface area contributed by atoms with Gasteiger partial charge in [0.1, 0.15) is 0 Å². The minimum Gasteiger partial charge on any atom is -0.403 e. The molecule has 1 fully saturated rings. The van der Waals surface area contributed by atoms with Crippen LogP contribution in [0.15, 0.2) is 62.7 Å². The molecule has 1 unspecified atom stereocenters. The molecule has 1 aliphatic rings. The molecule has 4 rings (SSSR count). The highest BCUT2D eigenvalue weighted by atomic mass is 32.2. The number of piperidine rings is 1. The summed E-state index contributed by atoms with van der Waals surface area (Å²) in [5, 5.41) is 10.5. The lowest BCUT2D eigenvalue weighted by atomic mass is 10.0. The van der Waals surface area contributed by atoms with Crippen LogP contribution in [0.2, 0.25) is 0 Å². The number of carbonyl (C=O) groups excluding carboxylic acids is 1. The van der Waals surface area contributed by atoms with Crippen LogP contribution in [0.5, 0.6) is 0 Å². The van der Waals surface area contributed by atoms with Crippen LogP contribution in [0.25, 0.3) is 11.5 Å². The molecule has 8 nitrogen and oxygen atoms in total. The van der Waals surface area contributed by atoms with E-state index >= 15 is 0 Å². The van der Waals surface area contributed by atoms with Crippen LogP contribution in [0.3, 0.4) is 0 Å². The van der Waals surface area contributed by atoms with Gasteiger partial charge in [-0.1, -0.05) is 24.2 Å². The molecule has 1 atom stereocenters. The van der Waals surface area contributed by atoms with Gasteiger partial charge in [0, 0.05) is 23.5 Å². The van der Waals surface area contributed by atoms with Gasteiger partial charge in [0.2, 0.25) is 10.0 Å². The number of carbonyl (C=O) groups is 1. The molecule has 1 amide bonds. The molecular formula is C22H24N4O4S2. The topological polar surface area (TPSA) is 105 Å². The van der Waals surface area contributed by atoms with Crippen molar-refractivity contribution >= 4 is 33.7 Å². The van der Waals surface area contributed by atoms with Crippen LogP contribution in [-0.4, -0.2) is 48.2 Å². The quantitative estimate of drug-likeness (QED) is 0.538. The van der Waals surface area contributed by atoms with Crippen LogP contribution >= 0.6 is 11.8 Å².